The Hall–Kier alpha value is -2.60. The van der Waals surface area contributed by atoms with Crippen LogP contribution in [0.2, 0.25) is 0 Å². The molecule has 6 N–H and O–H groups in total. The highest BCUT2D eigenvalue weighted by Gasteiger charge is 2.23. The molecule has 0 saturated carbocycles. The maximum absolute atomic E-state index is 11.9. The van der Waals surface area contributed by atoms with Gasteiger partial charge in [0.25, 0.3) is 5.91 Å². The van der Waals surface area contributed by atoms with E-state index >= 15 is 0 Å². The summed E-state index contributed by atoms with van der Waals surface area (Å²) in [5.74, 6) is -0.800. The molecule has 0 spiro atoms. The molecule has 0 fully saturated rings. The molecule has 0 aromatic heterocycles. The summed E-state index contributed by atoms with van der Waals surface area (Å²) in [6, 6.07) is 8.35. The number of fused-ring (bicyclic) bond motifs is 1. The number of rotatable bonds is 10. The SMILES string of the molecule is CCCCCCCC(C)(N)Oc1cc2ccc(C(N)=O)cc2cc1C(N)=O. The number of carbonyl (C=O) groups excluding carboxylic acids is 2. The molecular weight excluding hydrogens is 342 g/mol. The second kappa shape index (κ2) is 8.86. The molecule has 6 nitrogen and oxygen atoms in total. The highest BCUT2D eigenvalue weighted by atomic mass is 16.5. The van der Waals surface area contributed by atoms with Gasteiger partial charge in [-0.25, -0.2) is 0 Å². The Morgan fingerprint density at radius 2 is 1.67 bits per heavy atom. The molecule has 1 unspecified atom stereocenters. The number of nitrogens with two attached hydrogens (primary N) is 3. The van der Waals surface area contributed by atoms with Crippen LogP contribution in [0.1, 0.15) is 73.1 Å². The smallest absolute Gasteiger partial charge is 0.252 e. The van der Waals surface area contributed by atoms with E-state index in [1.165, 1.54) is 19.3 Å². The van der Waals surface area contributed by atoms with Crippen LogP contribution in [0.5, 0.6) is 5.75 Å². The lowest BCUT2D eigenvalue weighted by molar-refractivity contribution is 0.0799. The maximum atomic E-state index is 11.9. The fourth-order valence-corrected chi connectivity index (χ4v) is 3.09. The lowest BCUT2D eigenvalue weighted by Gasteiger charge is -2.27. The minimum Gasteiger partial charge on any atom is -0.472 e. The molecule has 0 heterocycles. The first-order valence-corrected chi connectivity index (χ1v) is 9.39. The first kappa shape index (κ1) is 20.7. The largest absolute Gasteiger partial charge is 0.472 e. The van der Waals surface area contributed by atoms with Crippen molar-refractivity contribution in [1.29, 1.82) is 0 Å². The summed E-state index contributed by atoms with van der Waals surface area (Å²) < 4.78 is 5.97. The predicted molar refractivity (Wildman–Crippen MR) is 108 cm³/mol. The van der Waals surface area contributed by atoms with Gasteiger partial charge in [-0.15, -0.1) is 0 Å². The number of carbonyl (C=O) groups is 2. The van der Waals surface area contributed by atoms with Gasteiger partial charge in [0, 0.05) is 12.0 Å². The first-order valence-electron chi connectivity index (χ1n) is 9.39. The first-order chi connectivity index (χ1) is 12.7. The van der Waals surface area contributed by atoms with E-state index in [0.29, 0.717) is 23.1 Å². The summed E-state index contributed by atoms with van der Waals surface area (Å²) in [7, 11) is 0. The van der Waals surface area contributed by atoms with Crippen molar-refractivity contribution < 1.29 is 14.3 Å². The molecule has 0 aliphatic carbocycles. The average Bonchev–Trinajstić information content (AvgIpc) is 2.59. The second-order valence-corrected chi connectivity index (χ2v) is 7.22. The van der Waals surface area contributed by atoms with Gasteiger partial charge in [-0.2, -0.15) is 0 Å². The molecule has 6 heteroatoms. The standard InChI is InChI=1S/C21H29N3O3/c1-3-4-5-6-7-10-21(2,24)27-18-13-14-8-9-15(19(22)25)11-16(14)12-17(18)20(23)26/h8-9,11-13H,3-7,10,24H2,1-2H3,(H2,22,25)(H2,23,26). The lowest BCUT2D eigenvalue weighted by Crippen LogP contribution is -2.42. The maximum Gasteiger partial charge on any atom is 0.252 e. The minimum absolute atomic E-state index is 0.228. The van der Waals surface area contributed by atoms with E-state index in [-0.39, 0.29) is 5.56 Å². The number of primary amides is 2. The molecule has 2 rings (SSSR count). The Bertz CT molecular complexity index is 831. The van der Waals surface area contributed by atoms with Gasteiger partial charge >= 0.3 is 0 Å². The van der Waals surface area contributed by atoms with E-state index in [0.717, 1.165) is 18.2 Å². The zero-order chi connectivity index (χ0) is 20.0. The molecule has 0 bridgehead atoms. The van der Waals surface area contributed by atoms with Crippen molar-refractivity contribution in [2.45, 2.75) is 58.1 Å². The molecule has 146 valence electrons. The van der Waals surface area contributed by atoms with Crippen molar-refractivity contribution >= 4 is 22.6 Å². The molecule has 0 aliphatic rings. The summed E-state index contributed by atoms with van der Waals surface area (Å²) in [6.07, 6.45) is 6.30. The van der Waals surface area contributed by atoms with Crippen LogP contribution in [0.4, 0.5) is 0 Å². The predicted octanol–water partition coefficient (Wildman–Crippen LogP) is 3.45. The molecule has 1 atom stereocenters. The Morgan fingerprint density at radius 1 is 0.963 bits per heavy atom. The highest BCUT2D eigenvalue weighted by molar-refractivity contribution is 6.03. The van der Waals surface area contributed by atoms with E-state index in [1.807, 2.05) is 0 Å². The van der Waals surface area contributed by atoms with E-state index in [9.17, 15) is 9.59 Å². The Morgan fingerprint density at radius 3 is 2.30 bits per heavy atom. The minimum atomic E-state index is -0.905. The van der Waals surface area contributed by atoms with Crippen molar-refractivity contribution in [1.82, 2.24) is 0 Å². The highest BCUT2D eigenvalue weighted by Crippen LogP contribution is 2.30. The van der Waals surface area contributed by atoms with E-state index in [2.05, 4.69) is 6.92 Å². The summed E-state index contributed by atoms with van der Waals surface area (Å²) >= 11 is 0. The van der Waals surface area contributed by atoms with Gasteiger partial charge in [0.05, 0.1) is 5.56 Å². The summed E-state index contributed by atoms with van der Waals surface area (Å²) in [6.45, 7) is 3.98. The van der Waals surface area contributed by atoms with E-state index in [1.54, 1.807) is 37.3 Å². The molecule has 27 heavy (non-hydrogen) atoms. The topological polar surface area (TPSA) is 121 Å². The van der Waals surface area contributed by atoms with Crippen LogP contribution in [0.3, 0.4) is 0 Å². The molecule has 2 amide bonds. The summed E-state index contributed by atoms with van der Waals surface area (Å²) in [5, 5.41) is 1.49. The molecule has 0 saturated heterocycles. The zero-order valence-corrected chi connectivity index (χ0v) is 16.1. The molecule has 0 aliphatic heterocycles. The lowest BCUT2D eigenvalue weighted by atomic mass is 10.0. The number of unbranched alkanes of at least 4 members (excludes halogenated alkanes) is 4. The second-order valence-electron chi connectivity index (χ2n) is 7.22. The van der Waals surface area contributed by atoms with E-state index in [4.69, 9.17) is 21.9 Å². The van der Waals surface area contributed by atoms with Crippen molar-refractivity contribution in [3.05, 3.63) is 41.5 Å². The molecule has 2 aromatic rings. The summed E-state index contributed by atoms with van der Waals surface area (Å²) in [5.41, 5.74) is 16.8. The van der Waals surface area contributed by atoms with Gasteiger partial charge in [0.15, 0.2) is 5.72 Å². The Balaban J connectivity index is 2.25. The molecule has 0 radical (unpaired) electrons. The van der Waals surface area contributed by atoms with Crippen molar-refractivity contribution in [3.8, 4) is 5.75 Å². The van der Waals surface area contributed by atoms with Crippen LogP contribution in [-0.4, -0.2) is 17.5 Å². The monoisotopic (exact) mass is 371 g/mol. The van der Waals surface area contributed by atoms with E-state index < -0.39 is 17.5 Å². The van der Waals surface area contributed by atoms with Gasteiger partial charge in [-0.3, -0.25) is 15.3 Å². The number of amides is 2. The normalized spacial score (nSPS) is 13.3. The van der Waals surface area contributed by atoms with Gasteiger partial charge in [0.1, 0.15) is 5.75 Å². The van der Waals surface area contributed by atoms with Crippen LogP contribution < -0.4 is 21.9 Å². The van der Waals surface area contributed by atoms with Gasteiger partial charge < -0.3 is 16.2 Å². The Kier molecular flexibility index (Phi) is 6.80. The Labute approximate surface area is 160 Å². The fourth-order valence-electron chi connectivity index (χ4n) is 3.09. The van der Waals surface area contributed by atoms with Crippen molar-refractivity contribution in [3.63, 3.8) is 0 Å². The molecular formula is C21H29N3O3. The van der Waals surface area contributed by atoms with Crippen LogP contribution in [-0.2, 0) is 0 Å². The molecule has 2 aromatic carbocycles. The van der Waals surface area contributed by atoms with Crippen LogP contribution >= 0.6 is 0 Å². The third kappa shape index (κ3) is 5.69. The number of benzene rings is 2. The number of ether oxygens (including phenoxy) is 1. The van der Waals surface area contributed by atoms with Gasteiger partial charge in [-0.1, -0.05) is 38.7 Å². The van der Waals surface area contributed by atoms with Crippen molar-refractivity contribution in [2.24, 2.45) is 17.2 Å². The van der Waals surface area contributed by atoms with Gasteiger partial charge in [-0.05, 0) is 48.4 Å². The zero-order valence-electron chi connectivity index (χ0n) is 16.1. The summed E-state index contributed by atoms with van der Waals surface area (Å²) in [4.78, 5) is 23.3. The van der Waals surface area contributed by atoms with Crippen LogP contribution in [0.25, 0.3) is 10.8 Å². The number of hydrogen-bond donors (Lipinski definition) is 3. The van der Waals surface area contributed by atoms with Crippen LogP contribution in [0.15, 0.2) is 30.3 Å². The third-order valence-electron chi connectivity index (χ3n) is 4.61. The fraction of sp³-hybridized carbons (Fsp3) is 0.429. The third-order valence-corrected chi connectivity index (χ3v) is 4.61. The number of hydrogen-bond acceptors (Lipinski definition) is 4. The van der Waals surface area contributed by atoms with Gasteiger partial charge in [0.2, 0.25) is 5.91 Å². The van der Waals surface area contributed by atoms with Crippen molar-refractivity contribution in [2.75, 3.05) is 0 Å². The quantitative estimate of drug-likeness (QED) is 0.437. The average molecular weight is 371 g/mol. The van der Waals surface area contributed by atoms with Crippen LogP contribution in [0, 0.1) is 0 Å².